The number of nitrogens with one attached hydrogen (secondary N) is 2. The summed E-state index contributed by atoms with van der Waals surface area (Å²) < 4.78 is 54.4. The monoisotopic (exact) mass is 422 g/mol. The van der Waals surface area contributed by atoms with Crippen LogP contribution >= 0.6 is 0 Å². The number of rotatable bonds is 8. The Morgan fingerprint density at radius 3 is 2.62 bits per heavy atom. The molecule has 1 heterocycles. The van der Waals surface area contributed by atoms with Gasteiger partial charge < -0.3 is 9.88 Å². The van der Waals surface area contributed by atoms with Crippen LogP contribution in [0.3, 0.4) is 0 Å². The normalized spacial score (nSPS) is 11.7. The number of imidazole rings is 1. The molecule has 0 fully saturated rings. The number of carbonyl (C=O) groups is 1. The van der Waals surface area contributed by atoms with E-state index in [-0.39, 0.29) is 18.9 Å². The van der Waals surface area contributed by atoms with Gasteiger partial charge in [0.05, 0.1) is 15.9 Å². The van der Waals surface area contributed by atoms with Gasteiger partial charge >= 0.3 is 0 Å². The molecule has 3 rings (SSSR count). The average molecular weight is 422 g/mol. The van der Waals surface area contributed by atoms with E-state index in [0.29, 0.717) is 19.2 Å². The van der Waals surface area contributed by atoms with Crippen LogP contribution in [-0.4, -0.2) is 37.0 Å². The van der Waals surface area contributed by atoms with Gasteiger partial charge in [0.1, 0.15) is 5.82 Å². The maximum absolute atomic E-state index is 13.2. The minimum Gasteiger partial charge on any atom is -0.354 e. The van der Waals surface area contributed by atoms with Crippen molar-refractivity contribution in [2.45, 2.75) is 24.8 Å². The van der Waals surface area contributed by atoms with Crippen LogP contribution in [0.25, 0.3) is 11.0 Å². The predicted octanol–water partition coefficient (Wildman–Crippen LogP) is 2.11. The molecule has 29 heavy (non-hydrogen) atoms. The van der Waals surface area contributed by atoms with Gasteiger partial charge in [-0.25, -0.2) is 26.9 Å². The molecule has 0 aliphatic rings. The molecule has 0 saturated heterocycles. The smallest absolute Gasteiger partial charge is 0.240 e. The van der Waals surface area contributed by atoms with Crippen molar-refractivity contribution in [3.8, 4) is 0 Å². The van der Waals surface area contributed by atoms with Crippen molar-refractivity contribution in [1.82, 2.24) is 19.6 Å². The van der Waals surface area contributed by atoms with Crippen LogP contribution in [0.5, 0.6) is 0 Å². The minimum absolute atomic E-state index is 0.0907. The van der Waals surface area contributed by atoms with E-state index in [1.165, 1.54) is 0 Å². The summed E-state index contributed by atoms with van der Waals surface area (Å²) in [5.41, 5.74) is 1.85. The predicted molar refractivity (Wildman–Crippen MR) is 104 cm³/mol. The molecule has 3 aromatic rings. The van der Waals surface area contributed by atoms with E-state index in [1.807, 2.05) is 35.8 Å². The zero-order valence-corrected chi connectivity index (χ0v) is 16.5. The summed E-state index contributed by atoms with van der Waals surface area (Å²) in [6.45, 7) is 2.60. The summed E-state index contributed by atoms with van der Waals surface area (Å²) in [7, 11) is -4.03. The lowest BCUT2D eigenvalue weighted by atomic mass is 10.3. The number of hydrogen-bond donors (Lipinski definition) is 2. The van der Waals surface area contributed by atoms with Crippen molar-refractivity contribution < 1.29 is 22.0 Å². The van der Waals surface area contributed by atoms with Gasteiger partial charge in [-0.1, -0.05) is 12.1 Å². The number of halogens is 2. The number of amides is 1. The van der Waals surface area contributed by atoms with Gasteiger partial charge in [0, 0.05) is 26.1 Å². The van der Waals surface area contributed by atoms with Crippen molar-refractivity contribution in [2.24, 2.45) is 0 Å². The molecular formula is C19H20F2N4O3S. The van der Waals surface area contributed by atoms with E-state index >= 15 is 0 Å². The van der Waals surface area contributed by atoms with E-state index in [4.69, 9.17) is 0 Å². The van der Waals surface area contributed by atoms with E-state index in [9.17, 15) is 22.0 Å². The Morgan fingerprint density at radius 1 is 1.10 bits per heavy atom. The molecule has 2 N–H and O–H groups in total. The molecule has 0 bridgehead atoms. The summed E-state index contributed by atoms with van der Waals surface area (Å²) >= 11 is 0. The number of para-hydroxylation sites is 2. The Hall–Kier alpha value is -2.85. The zero-order valence-electron chi connectivity index (χ0n) is 15.7. The summed E-state index contributed by atoms with van der Waals surface area (Å²) in [6, 6.07) is 9.97. The number of carbonyl (C=O) groups excluding carboxylic acids is 1. The Bertz CT molecular complexity index is 1150. The molecule has 0 unspecified atom stereocenters. The summed E-state index contributed by atoms with van der Waals surface area (Å²) in [5.74, 6) is -1.89. The molecule has 2 aromatic carbocycles. The molecule has 0 aliphatic heterocycles. The molecular weight excluding hydrogens is 402 g/mol. The number of aromatic nitrogens is 2. The number of hydrogen-bond acceptors (Lipinski definition) is 4. The van der Waals surface area contributed by atoms with Crippen LogP contribution in [0.15, 0.2) is 47.4 Å². The maximum atomic E-state index is 13.2. The highest BCUT2D eigenvalue weighted by atomic mass is 32.2. The lowest BCUT2D eigenvalue weighted by molar-refractivity contribution is -0.120. The highest BCUT2D eigenvalue weighted by molar-refractivity contribution is 7.89. The Morgan fingerprint density at radius 2 is 1.86 bits per heavy atom. The number of sulfonamides is 1. The number of benzene rings is 2. The summed E-state index contributed by atoms with van der Waals surface area (Å²) in [6.07, 6.45) is -0.0907. The van der Waals surface area contributed by atoms with Crippen LogP contribution in [0, 0.1) is 18.6 Å². The van der Waals surface area contributed by atoms with Crippen molar-refractivity contribution in [3.63, 3.8) is 0 Å². The first-order chi connectivity index (χ1) is 13.8. The van der Waals surface area contributed by atoms with Gasteiger partial charge in [-0.3, -0.25) is 4.79 Å². The lowest BCUT2D eigenvalue weighted by Crippen LogP contribution is -2.32. The molecule has 0 saturated carbocycles. The number of aryl methyl sites for hydroxylation is 1. The zero-order chi connectivity index (χ0) is 21.0. The van der Waals surface area contributed by atoms with Crippen LogP contribution in [0.2, 0.25) is 0 Å². The van der Waals surface area contributed by atoms with Crippen molar-refractivity contribution in [3.05, 3.63) is 59.9 Å². The fourth-order valence-corrected chi connectivity index (χ4v) is 3.94. The highest BCUT2D eigenvalue weighted by Crippen LogP contribution is 2.15. The van der Waals surface area contributed by atoms with Crippen molar-refractivity contribution in [1.29, 1.82) is 0 Å². The molecule has 154 valence electrons. The van der Waals surface area contributed by atoms with Crippen LogP contribution in [0.4, 0.5) is 8.78 Å². The highest BCUT2D eigenvalue weighted by Gasteiger charge is 2.16. The van der Waals surface area contributed by atoms with E-state index in [0.717, 1.165) is 29.0 Å². The third-order valence-corrected chi connectivity index (χ3v) is 5.81. The molecule has 7 nitrogen and oxygen atoms in total. The molecule has 0 atom stereocenters. The second-order valence-corrected chi connectivity index (χ2v) is 8.14. The first kappa shape index (κ1) is 20.9. The first-order valence-corrected chi connectivity index (χ1v) is 10.4. The van der Waals surface area contributed by atoms with Crippen LogP contribution < -0.4 is 10.0 Å². The molecule has 0 radical (unpaired) electrons. The fourth-order valence-electron chi connectivity index (χ4n) is 2.90. The Kier molecular flexibility index (Phi) is 6.23. The molecule has 1 amide bonds. The van der Waals surface area contributed by atoms with Gasteiger partial charge in [0.15, 0.2) is 11.6 Å². The lowest BCUT2D eigenvalue weighted by Gasteiger charge is -2.10. The minimum atomic E-state index is -4.03. The topological polar surface area (TPSA) is 93.1 Å². The van der Waals surface area contributed by atoms with Gasteiger partial charge in [0.2, 0.25) is 15.9 Å². The molecule has 0 spiro atoms. The third-order valence-electron chi connectivity index (χ3n) is 4.35. The van der Waals surface area contributed by atoms with Gasteiger partial charge in [-0.2, -0.15) is 0 Å². The standard InChI is InChI=1S/C19H20F2N4O3S/c1-13-24-17-4-2-3-5-18(17)25(13)11-10-22-19(26)8-9-23-29(27,28)14-6-7-15(20)16(21)12-14/h2-7,12,23H,8-11H2,1H3,(H,22,26). The third kappa shape index (κ3) is 4.96. The van der Waals surface area contributed by atoms with Crippen LogP contribution in [-0.2, 0) is 21.4 Å². The fraction of sp³-hybridized carbons (Fsp3) is 0.263. The Labute approximate surface area is 166 Å². The van der Waals surface area contributed by atoms with Gasteiger partial charge in [0.25, 0.3) is 0 Å². The molecule has 0 aliphatic carbocycles. The van der Waals surface area contributed by atoms with E-state index in [2.05, 4.69) is 15.0 Å². The Balaban J connectivity index is 1.47. The van der Waals surface area contributed by atoms with Gasteiger partial charge in [-0.05, 0) is 37.3 Å². The van der Waals surface area contributed by atoms with Gasteiger partial charge in [-0.15, -0.1) is 0 Å². The number of nitrogens with zero attached hydrogens (tertiary/aromatic N) is 2. The van der Waals surface area contributed by atoms with E-state index in [1.54, 1.807) is 0 Å². The molecule has 10 heteroatoms. The SMILES string of the molecule is Cc1nc2ccccc2n1CCNC(=O)CCNS(=O)(=O)c1ccc(F)c(F)c1. The summed E-state index contributed by atoms with van der Waals surface area (Å²) in [4.78, 5) is 16.0. The van der Waals surface area contributed by atoms with Crippen molar-refractivity contribution >= 4 is 27.0 Å². The maximum Gasteiger partial charge on any atom is 0.240 e. The largest absolute Gasteiger partial charge is 0.354 e. The first-order valence-electron chi connectivity index (χ1n) is 8.91. The molecule has 1 aromatic heterocycles. The average Bonchev–Trinajstić information content (AvgIpc) is 2.99. The second kappa shape index (κ2) is 8.66. The second-order valence-electron chi connectivity index (χ2n) is 6.37. The number of fused-ring (bicyclic) bond motifs is 1. The summed E-state index contributed by atoms with van der Waals surface area (Å²) in [5, 5.41) is 2.72. The quantitative estimate of drug-likeness (QED) is 0.582. The van der Waals surface area contributed by atoms with Crippen LogP contribution in [0.1, 0.15) is 12.2 Å². The van der Waals surface area contributed by atoms with E-state index < -0.39 is 26.6 Å². The van der Waals surface area contributed by atoms with Crippen molar-refractivity contribution in [2.75, 3.05) is 13.1 Å².